The molecule has 0 spiro atoms. The minimum atomic E-state index is -0.537. The Morgan fingerprint density at radius 3 is 2.90 bits per heavy atom. The molecule has 0 saturated heterocycles. The summed E-state index contributed by atoms with van der Waals surface area (Å²) in [5.74, 6) is -0.340. The van der Waals surface area contributed by atoms with E-state index < -0.39 is 10.2 Å². The molecular formula is C11H11N5O3S. The fourth-order valence-electron chi connectivity index (χ4n) is 1.46. The molecule has 2 aromatic rings. The van der Waals surface area contributed by atoms with Crippen LogP contribution in [0.4, 0.5) is 11.4 Å². The number of H-pyrrole nitrogens is 1. The summed E-state index contributed by atoms with van der Waals surface area (Å²) in [4.78, 5) is 22.3. The fraction of sp³-hybridized carbons (Fsp3) is 0.182. The number of nitro groups is 1. The van der Waals surface area contributed by atoms with Gasteiger partial charge in [0.1, 0.15) is 10.7 Å². The van der Waals surface area contributed by atoms with Gasteiger partial charge in [0.15, 0.2) is 0 Å². The summed E-state index contributed by atoms with van der Waals surface area (Å²) in [5, 5.41) is 23.4. The maximum absolute atomic E-state index is 12.0. The van der Waals surface area contributed by atoms with Gasteiger partial charge in [0, 0.05) is 6.07 Å². The highest BCUT2D eigenvalue weighted by atomic mass is 32.2. The first kappa shape index (κ1) is 14.0. The third-order valence-corrected chi connectivity index (χ3v) is 3.42. The van der Waals surface area contributed by atoms with Crippen LogP contribution in [0.1, 0.15) is 6.92 Å². The van der Waals surface area contributed by atoms with Crippen molar-refractivity contribution < 1.29 is 9.72 Å². The van der Waals surface area contributed by atoms with Gasteiger partial charge in [-0.05, 0) is 13.0 Å². The maximum atomic E-state index is 12.0. The van der Waals surface area contributed by atoms with Gasteiger partial charge in [-0.1, -0.05) is 23.9 Å². The quantitative estimate of drug-likeness (QED) is 0.494. The number of carbonyl (C=O) groups is 1. The minimum Gasteiger partial charge on any atom is -0.319 e. The van der Waals surface area contributed by atoms with E-state index in [2.05, 4.69) is 20.7 Å². The van der Waals surface area contributed by atoms with E-state index in [4.69, 9.17) is 0 Å². The molecule has 9 heteroatoms. The first-order valence-corrected chi connectivity index (χ1v) is 6.52. The molecule has 0 aliphatic carbocycles. The number of aromatic nitrogens is 3. The molecule has 1 aromatic heterocycles. The number of thioether (sulfide) groups is 1. The average Bonchev–Trinajstić information content (AvgIpc) is 2.91. The number of hydrogen-bond acceptors (Lipinski definition) is 6. The zero-order valence-corrected chi connectivity index (χ0v) is 11.3. The lowest BCUT2D eigenvalue weighted by atomic mass is 10.2. The number of rotatable bonds is 5. The van der Waals surface area contributed by atoms with Crippen molar-refractivity contribution in [2.45, 2.75) is 17.2 Å². The molecule has 0 saturated carbocycles. The summed E-state index contributed by atoms with van der Waals surface area (Å²) in [7, 11) is 0. The molecule has 2 N–H and O–H groups in total. The topological polar surface area (TPSA) is 114 Å². The molecule has 2 rings (SSSR count). The molecule has 1 unspecified atom stereocenters. The number of para-hydroxylation sites is 2. The lowest BCUT2D eigenvalue weighted by molar-refractivity contribution is -0.383. The lowest BCUT2D eigenvalue weighted by Crippen LogP contribution is -2.22. The smallest absolute Gasteiger partial charge is 0.292 e. The molecule has 1 heterocycles. The lowest BCUT2D eigenvalue weighted by Gasteiger charge is -2.10. The van der Waals surface area contributed by atoms with Crippen LogP contribution in [-0.2, 0) is 4.79 Å². The molecule has 20 heavy (non-hydrogen) atoms. The molecule has 1 aromatic carbocycles. The number of nitrogens with zero attached hydrogens (tertiary/aromatic N) is 3. The molecule has 104 valence electrons. The second-order valence-electron chi connectivity index (χ2n) is 3.83. The monoisotopic (exact) mass is 293 g/mol. The van der Waals surface area contributed by atoms with Gasteiger partial charge in [0.25, 0.3) is 5.69 Å². The Kier molecular flexibility index (Phi) is 4.31. The standard InChI is InChI=1S/C11H11N5O3S/c1-7(20-10-6-12-15-14-10)11(17)13-8-4-2-3-5-9(8)16(18)19/h2-7H,1H3,(H,13,17)(H,12,14,15). The van der Waals surface area contributed by atoms with Gasteiger partial charge < -0.3 is 5.32 Å². The van der Waals surface area contributed by atoms with E-state index in [1.807, 2.05) is 0 Å². The summed E-state index contributed by atoms with van der Waals surface area (Å²) in [6.45, 7) is 1.68. The van der Waals surface area contributed by atoms with Crippen LogP contribution in [0.5, 0.6) is 0 Å². The number of aromatic amines is 1. The molecule has 0 aliphatic heterocycles. The van der Waals surface area contributed by atoms with E-state index in [0.717, 1.165) is 0 Å². The first-order chi connectivity index (χ1) is 9.58. The highest BCUT2D eigenvalue weighted by Gasteiger charge is 2.20. The number of nitro benzene ring substituents is 1. The van der Waals surface area contributed by atoms with Crippen molar-refractivity contribution in [3.63, 3.8) is 0 Å². The van der Waals surface area contributed by atoms with Crippen molar-refractivity contribution >= 4 is 29.0 Å². The molecule has 8 nitrogen and oxygen atoms in total. The van der Waals surface area contributed by atoms with E-state index in [9.17, 15) is 14.9 Å². The van der Waals surface area contributed by atoms with Crippen LogP contribution < -0.4 is 5.32 Å². The minimum absolute atomic E-state index is 0.139. The molecule has 1 amide bonds. The van der Waals surface area contributed by atoms with Crippen LogP contribution in [0.25, 0.3) is 0 Å². The van der Waals surface area contributed by atoms with Crippen LogP contribution in [0.15, 0.2) is 35.5 Å². The highest BCUT2D eigenvalue weighted by Crippen LogP contribution is 2.25. The average molecular weight is 293 g/mol. The van der Waals surface area contributed by atoms with E-state index in [1.54, 1.807) is 19.1 Å². The van der Waals surface area contributed by atoms with Crippen LogP contribution in [0, 0.1) is 10.1 Å². The van der Waals surface area contributed by atoms with E-state index >= 15 is 0 Å². The summed E-state index contributed by atoms with van der Waals surface area (Å²) in [6, 6.07) is 5.99. The zero-order valence-electron chi connectivity index (χ0n) is 10.4. The molecule has 0 radical (unpaired) electrons. The Morgan fingerprint density at radius 1 is 1.50 bits per heavy atom. The van der Waals surface area contributed by atoms with Crippen molar-refractivity contribution in [2.24, 2.45) is 0 Å². The summed E-state index contributed by atoms with van der Waals surface area (Å²) in [5.41, 5.74) is 0.0367. The number of nitrogens with one attached hydrogen (secondary N) is 2. The van der Waals surface area contributed by atoms with Gasteiger partial charge in [0.05, 0.1) is 16.4 Å². The third-order valence-electron chi connectivity index (χ3n) is 2.42. The number of benzene rings is 1. The summed E-state index contributed by atoms with van der Waals surface area (Å²) in [6.07, 6.45) is 1.50. The molecule has 1 atom stereocenters. The van der Waals surface area contributed by atoms with Crippen molar-refractivity contribution in [3.05, 3.63) is 40.6 Å². The highest BCUT2D eigenvalue weighted by molar-refractivity contribution is 8.00. The largest absolute Gasteiger partial charge is 0.319 e. The number of carbonyl (C=O) groups excluding carboxylic acids is 1. The van der Waals surface area contributed by atoms with E-state index in [1.165, 1.54) is 30.1 Å². The fourth-order valence-corrected chi connectivity index (χ4v) is 2.19. The SMILES string of the molecule is CC(Sc1cn[nH]n1)C(=O)Nc1ccccc1[N+](=O)[O-]. The second-order valence-corrected chi connectivity index (χ2v) is 5.19. The maximum Gasteiger partial charge on any atom is 0.292 e. The molecule has 0 fully saturated rings. The van der Waals surface area contributed by atoms with Crippen LogP contribution in [0.2, 0.25) is 0 Å². The first-order valence-electron chi connectivity index (χ1n) is 5.64. The van der Waals surface area contributed by atoms with Crippen molar-refractivity contribution in [1.29, 1.82) is 0 Å². The molecular weight excluding hydrogens is 282 g/mol. The van der Waals surface area contributed by atoms with Crippen molar-refractivity contribution in [1.82, 2.24) is 15.4 Å². The third kappa shape index (κ3) is 3.32. The Hall–Kier alpha value is -2.42. The summed E-state index contributed by atoms with van der Waals surface area (Å²) >= 11 is 1.21. The van der Waals surface area contributed by atoms with E-state index in [-0.39, 0.29) is 17.3 Å². The van der Waals surface area contributed by atoms with Crippen LogP contribution >= 0.6 is 11.8 Å². The van der Waals surface area contributed by atoms with Crippen LogP contribution in [0.3, 0.4) is 0 Å². The zero-order chi connectivity index (χ0) is 14.5. The van der Waals surface area contributed by atoms with Crippen molar-refractivity contribution in [3.8, 4) is 0 Å². The number of amides is 1. The molecule has 0 aliphatic rings. The number of anilines is 1. The van der Waals surface area contributed by atoms with Gasteiger partial charge in [-0.2, -0.15) is 10.3 Å². The van der Waals surface area contributed by atoms with Gasteiger partial charge >= 0.3 is 0 Å². The van der Waals surface area contributed by atoms with Gasteiger partial charge in [0.2, 0.25) is 5.91 Å². The Morgan fingerprint density at radius 2 is 2.25 bits per heavy atom. The van der Waals surface area contributed by atoms with Crippen LogP contribution in [-0.4, -0.2) is 31.5 Å². The van der Waals surface area contributed by atoms with Gasteiger partial charge in [-0.25, -0.2) is 0 Å². The second kappa shape index (κ2) is 6.15. The van der Waals surface area contributed by atoms with E-state index in [0.29, 0.717) is 5.03 Å². The predicted octanol–water partition coefficient (Wildman–Crippen LogP) is 1.83. The Labute approximate surface area is 118 Å². The van der Waals surface area contributed by atoms with Gasteiger partial charge in [-0.3, -0.25) is 14.9 Å². The molecule has 0 bridgehead atoms. The van der Waals surface area contributed by atoms with Gasteiger partial charge in [-0.15, -0.1) is 5.10 Å². The normalized spacial score (nSPS) is 11.8. The Balaban J connectivity index is 2.06. The number of hydrogen-bond donors (Lipinski definition) is 2. The van der Waals surface area contributed by atoms with Crippen molar-refractivity contribution in [2.75, 3.05) is 5.32 Å². The summed E-state index contributed by atoms with van der Waals surface area (Å²) < 4.78 is 0. The predicted molar refractivity (Wildman–Crippen MR) is 73.4 cm³/mol. The Bertz CT molecular complexity index is 616.